The molecule has 5 heteroatoms. The van der Waals surface area contributed by atoms with Crippen LogP contribution in [0, 0.1) is 6.92 Å². The molecule has 3 aromatic rings. The second kappa shape index (κ2) is 6.84. The Morgan fingerprint density at radius 2 is 2.00 bits per heavy atom. The highest BCUT2D eigenvalue weighted by Crippen LogP contribution is 2.27. The lowest BCUT2D eigenvalue weighted by Crippen LogP contribution is -2.41. The lowest BCUT2D eigenvalue weighted by atomic mass is 9.98. The molecule has 2 aromatic carbocycles. The summed E-state index contributed by atoms with van der Waals surface area (Å²) >= 11 is 5.64. The Morgan fingerprint density at radius 3 is 2.80 bits per heavy atom. The van der Waals surface area contributed by atoms with Gasteiger partial charge in [0, 0.05) is 24.7 Å². The number of fused-ring (bicyclic) bond motifs is 1. The average molecular weight is 350 g/mol. The number of anilines is 1. The van der Waals surface area contributed by atoms with Crippen LogP contribution in [0.2, 0.25) is 0 Å². The minimum atomic E-state index is 0.388. The van der Waals surface area contributed by atoms with E-state index in [2.05, 4.69) is 58.5 Å². The molecule has 0 unspecified atom stereocenters. The molecule has 128 valence electrons. The number of benzene rings is 2. The van der Waals surface area contributed by atoms with Gasteiger partial charge in [-0.05, 0) is 56.2 Å². The standard InChI is InChI=1S/C20H22N4S/c1-14-8-10-16(11-9-14)21-20(25)24-12-4-5-15(13-24)19-22-17-6-2-3-7-18(17)23-19/h2-3,6-11,15H,4-5,12-13H2,1H3,(H,21,25)(H,22,23)/t15-/m0/s1. The van der Waals surface area contributed by atoms with E-state index in [1.807, 2.05) is 12.1 Å². The highest BCUT2D eigenvalue weighted by molar-refractivity contribution is 7.80. The number of nitrogens with zero attached hydrogens (tertiary/aromatic N) is 2. The largest absolute Gasteiger partial charge is 0.348 e. The predicted octanol–water partition coefficient (Wildman–Crippen LogP) is 4.45. The molecule has 25 heavy (non-hydrogen) atoms. The molecular weight excluding hydrogens is 328 g/mol. The van der Waals surface area contributed by atoms with Crippen molar-refractivity contribution in [3.8, 4) is 0 Å². The molecule has 0 amide bonds. The minimum Gasteiger partial charge on any atom is -0.348 e. The van der Waals surface area contributed by atoms with Crippen LogP contribution in [0.5, 0.6) is 0 Å². The number of imidazole rings is 1. The van der Waals surface area contributed by atoms with Crippen molar-refractivity contribution in [1.29, 1.82) is 0 Å². The maximum Gasteiger partial charge on any atom is 0.173 e. The zero-order valence-corrected chi connectivity index (χ0v) is 15.1. The van der Waals surface area contributed by atoms with Crippen molar-refractivity contribution in [2.75, 3.05) is 18.4 Å². The van der Waals surface area contributed by atoms with E-state index in [0.717, 1.165) is 53.6 Å². The summed E-state index contributed by atoms with van der Waals surface area (Å²) < 4.78 is 0. The maximum atomic E-state index is 5.64. The molecule has 4 rings (SSSR count). The number of hydrogen-bond donors (Lipinski definition) is 2. The molecule has 0 aliphatic carbocycles. The van der Waals surface area contributed by atoms with Crippen molar-refractivity contribution in [3.63, 3.8) is 0 Å². The van der Waals surface area contributed by atoms with Gasteiger partial charge in [-0.2, -0.15) is 0 Å². The molecule has 0 bridgehead atoms. The summed E-state index contributed by atoms with van der Waals surface area (Å²) in [6.45, 7) is 3.98. The number of aromatic nitrogens is 2. The van der Waals surface area contributed by atoms with Crippen LogP contribution in [0.3, 0.4) is 0 Å². The molecule has 0 radical (unpaired) electrons. The number of aromatic amines is 1. The fraction of sp³-hybridized carbons (Fsp3) is 0.300. The first kappa shape index (κ1) is 16.1. The molecule has 1 aliphatic rings. The summed E-state index contributed by atoms with van der Waals surface area (Å²) in [6.07, 6.45) is 2.26. The van der Waals surface area contributed by atoms with Crippen LogP contribution in [0.1, 0.15) is 30.1 Å². The Balaban J connectivity index is 1.46. The second-order valence-corrected chi connectivity index (χ2v) is 7.11. The fourth-order valence-corrected chi connectivity index (χ4v) is 3.67. The van der Waals surface area contributed by atoms with Crippen LogP contribution in [0.4, 0.5) is 5.69 Å². The van der Waals surface area contributed by atoms with Crippen molar-refractivity contribution in [2.45, 2.75) is 25.7 Å². The molecule has 2 N–H and O–H groups in total. The van der Waals surface area contributed by atoms with Gasteiger partial charge in [0.2, 0.25) is 0 Å². The van der Waals surface area contributed by atoms with Crippen LogP contribution in [0.25, 0.3) is 11.0 Å². The lowest BCUT2D eigenvalue weighted by Gasteiger charge is -2.33. The first-order chi connectivity index (χ1) is 12.2. The van der Waals surface area contributed by atoms with Crippen LogP contribution < -0.4 is 5.32 Å². The number of likely N-dealkylation sites (tertiary alicyclic amines) is 1. The van der Waals surface area contributed by atoms with Gasteiger partial charge >= 0.3 is 0 Å². The Kier molecular flexibility index (Phi) is 4.40. The third-order valence-corrected chi connectivity index (χ3v) is 5.17. The van der Waals surface area contributed by atoms with Crippen molar-refractivity contribution in [3.05, 3.63) is 59.9 Å². The van der Waals surface area contributed by atoms with Gasteiger partial charge in [-0.25, -0.2) is 4.98 Å². The number of hydrogen-bond acceptors (Lipinski definition) is 2. The van der Waals surface area contributed by atoms with Crippen molar-refractivity contribution in [1.82, 2.24) is 14.9 Å². The molecule has 1 fully saturated rings. The topological polar surface area (TPSA) is 44.0 Å². The smallest absolute Gasteiger partial charge is 0.173 e. The molecule has 4 nitrogen and oxygen atoms in total. The van der Waals surface area contributed by atoms with Gasteiger partial charge in [-0.1, -0.05) is 29.8 Å². The van der Waals surface area contributed by atoms with Crippen molar-refractivity contribution < 1.29 is 0 Å². The number of rotatable bonds is 2. The van der Waals surface area contributed by atoms with Crippen molar-refractivity contribution >= 4 is 34.1 Å². The Morgan fingerprint density at radius 1 is 1.20 bits per heavy atom. The summed E-state index contributed by atoms with van der Waals surface area (Å²) in [6, 6.07) is 16.5. The van der Waals surface area contributed by atoms with E-state index in [-0.39, 0.29) is 0 Å². The van der Waals surface area contributed by atoms with Gasteiger partial charge in [0.15, 0.2) is 5.11 Å². The summed E-state index contributed by atoms with van der Waals surface area (Å²) in [5, 5.41) is 4.16. The molecule has 1 atom stereocenters. The molecular formula is C20H22N4S. The predicted molar refractivity (Wildman–Crippen MR) is 107 cm³/mol. The van der Waals surface area contributed by atoms with Gasteiger partial charge in [0.1, 0.15) is 5.82 Å². The van der Waals surface area contributed by atoms with Gasteiger partial charge < -0.3 is 15.2 Å². The number of aryl methyl sites for hydroxylation is 1. The molecule has 2 heterocycles. The Hall–Kier alpha value is -2.40. The van der Waals surface area contributed by atoms with Gasteiger partial charge in [0.05, 0.1) is 11.0 Å². The molecule has 1 aromatic heterocycles. The molecule has 1 saturated heterocycles. The van der Waals surface area contributed by atoms with E-state index in [4.69, 9.17) is 17.2 Å². The van der Waals surface area contributed by atoms with Crippen LogP contribution in [-0.4, -0.2) is 33.1 Å². The maximum absolute atomic E-state index is 5.64. The van der Waals surface area contributed by atoms with Gasteiger partial charge in [0.25, 0.3) is 0 Å². The quantitative estimate of drug-likeness (QED) is 0.670. The highest BCUT2D eigenvalue weighted by atomic mass is 32.1. The zero-order chi connectivity index (χ0) is 17.2. The van der Waals surface area contributed by atoms with E-state index in [9.17, 15) is 0 Å². The number of piperidine rings is 1. The summed E-state index contributed by atoms with van der Waals surface area (Å²) in [4.78, 5) is 10.5. The van der Waals surface area contributed by atoms with Crippen molar-refractivity contribution in [2.24, 2.45) is 0 Å². The van der Waals surface area contributed by atoms with Crippen LogP contribution in [-0.2, 0) is 0 Å². The summed E-state index contributed by atoms with van der Waals surface area (Å²) in [7, 11) is 0. The minimum absolute atomic E-state index is 0.388. The number of thiocarbonyl (C=S) groups is 1. The third-order valence-electron chi connectivity index (χ3n) is 4.81. The SMILES string of the molecule is Cc1ccc(NC(=S)N2CCC[C@H](c3nc4ccccc4[nH]3)C2)cc1. The average Bonchev–Trinajstić information content (AvgIpc) is 3.08. The normalized spacial score (nSPS) is 17.6. The second-order valence-electron chi connectivity index (χ2n) is 6.72. The number of H-pyrrole nitrogens is 1. The number of nitrogens with one attached hydrogen (secondary N) is 2. The zero-order valence-electron chi connectivity index (χ0n) is 14.3. The van der Waals surface area contributed by atoms with E-state index in [1.54, 1.807) is 0 Å². The highest BCUT2D eigenvalue weighted by Gasteiger charge is 2.25. The monoisotopic (exact) mass is 350 g/mol. The first-order valence-electron chi connectivity index (χ1n) is 8.76. The van der Waals surface area contributed by atoms with Gasteiger partial charge in [-0.3, -0.25) is 0 Å². The summed E-state index contributed by atoms with van der Waals surface area (Å²) in [5.74, 6) is 1.46. The van der Waals surface area contributed by atoms with Crippen LogP contribution in [0.15, 0.2) is 48.5 Å². The Bertz CT molecular complexity index is 851. The third kappa shape index (κ3) is 3.51. The van der Waals surface area contributed by atoms with E-state index in [0.29, 0.717) is 5.92 Å². The number of para-hydroxylation sites is 2. The van der Waals surface area contributed by atoms with Crippen LogP contribution >= 0.6 is 12.2 Å². The molecule has 0 spiro atoms. The summed E-state index contributed by atoms with van der Waals surface area (Å²) in [5.41, 5.74) is 4.44. The Labute approximate surface area is 153 Å². The van der Waals surface area contributed by atoms with E-state index in [1.165, 1.54) is 5.56 Å². The van der Waals surface area contributed by atoms with E-state index < -0.39 is 0 Å². The first-order valence-corrected chi connectivity index (χ1v) is 9.17. The molecule has 0 saturated carbocycles. The molecule has 1 aliphatic heterocycles. The van der Waals surface area contributed by atoms with E-state index >= 15 is 0 Å². The van der Waals surface area contributed by atoms with Gasteiger partial charge in [-0.15, -0.1) is 0 Å². The fourth-order valence-electron chi connectivity index (χ4n) is 3.39. The lowest BCUT2D eigenvalue weighted by molar-refractivity contribution is 0.307.